The summed E-state index contributed by atoms with van der Waals surface area (Å²) in [6, 6.07) is 3.55. The van der Waals surface area contributed by atoms with Gasteiger partial charge in [0.2, 0.25) is 0 Å². The number of amides is 1. The molecule has 1 saturated carbocycles. The van der Waals surface area contributed by atoms with E-state index in [-0.39, 0.29) is 11.4 Å². The number of hydrogen-bond donors (Lipinski definition) is 2. The first-order valence-electron chi connectivity index (χ1n) is 7.97. The van der Waals surface area contributed by atoms with Gasteiger partial charge in [-0.1, -0.05) is 19.3 Å². The van der Waals surface area contributed by atoms with E-state index in [0.29, 0.717) is 11.9 Å². The summed E-state index contributed by atoms with van der Waals surface area (Å²) in [7, 11) is 0. The number of nitrogens with one attached hydrogen (secondary N) is 2. The molecule has 1 heterocycles. The fraction of sp³-hybridized carbons (Fsp3) is 0.353. The molecule has 0 bridgehead atoms. The van der Waals surface area contributed by atoms with Crippen LogP contribution in [0, 0.1) is 11.6 Å². The number of rotatable bonds is 4. The van der Waals surface area contributed by atoms with Crippen molar-refractivity contribution in [3.8, 4) is 0 Å². The standard InChI is InChI=1S/C17H18F2N4O/c18-13-7-6-12(8-14(13)19)23-17(24)15-9-21-16(10-20-15)22-11-4-2-1-3-5-11/h6-11H,1-5H2,(H,21,22)(H,23,24). The van der Waals surface area contributed by atoms with Crippen LogP contribution in [0.1, 0.15) is 42.6 Å². The molecular weight excluding hydrogens is 314 g/mol. The molecule has 0 unspecified atom stereocenters. The predicted octanol–water partition coefficient (Wildman–Crippen LogP) is 3.75. The van der Waals surface area contributed by atoms with Crippen LogP contribution in [-0.2, 0) is 0 Å². The van der Waals surface area contributed by atoms with Crippen molar-refractivity contribution in [3.63, 3.8) is 0 Å². The molecule has 2 N–H and O–H groups in total. The molecule has 2 aromatic rings. The Balaban J connectivity index is 1.61. The summed E-state index contributed by atoms with van der Waals surface area (Å²) in [6.07, 6.45) is 8.78. The molecule has 1 aliphatic rings. The van der Waals surface area contributed by atoms with Crippen molar-refractivity contribution in [2.45, 2.75) is 38.1 Å². The van der Waals surface area contributed by atoms with Crippen LogP contribution in [0.3, 0.4) is 0 Å². The van der Waals surface area contributed by atoms with Crippen molar-refractivity contribution in [2.75, 3.05) is 10.6 Å². The molecule has 1 aromatic carbocycles. The third kappa shape index (κ3) is 4.04. The minimum atomic E-state index is -1.02. The topological polar surface area (TPSA) is 66.9 Å². The van der Waals surface area contributed by atoms with Gasteiger partial charge in [-0.15, -0.1) is 0 Å². The Bertz CT molecular complexity index is 715. The zero-order valence-electron chi connectivity index (χ0n) is 13.1. The highest BCUT2D eigenvalue weighted by atomic mass is 19.2. The van der Waals surface area contributed by atoms with Crippen LogP contribution >= 0.6 is 0 Å². The lowest BCUT2D eigenvalue weighted by atomic mass is 9.96. The van der Waals surface area contributed by atoms with Crippen LogP contribution in [0.25, 0.3) is 0 Å². The molecule has 0 aliphatic heterocycles. The second kappa shape index (κ2) is 7.33. The molecule has 1 aromatic heterocycles. The van der Waals surface area contributed by atoms with Crippen LogP contribution in [0.15, 0.2) is 30.6 Å². The highest BCUT2D eigenvalue weighted by Gasteiger charge is 2.14. The van der Waals surface area contributed by atoms with Crippen LogP contribution in [0.2, 0.25) is 0 Å². The second-order valence-corrected chi connectivity index (χ2v) is 5.85. The van der Waals surface area contributed by atoms with Crippen molar-refractivity contribution in [1.29, 1.82) is 0 Å². The van der Waals surface area contributed by atoms with E-state index < -0.39 is 17.5 Å². The molecule has 3 rings (SSSR count). The van der Waals surface area contributed by atoms with Gasteiger partial charge in [-0.05, 0) is 25.0 Å². The monoisotopic (exact) mass is 332 g/mol. The fourth-order valence-electron chi connectivity index (χ4n) is 2.74. The van der Waals surface area contributed by atoms with Crippen molar-refractivity contribution >= 4 is 17.4 Å². The van der Waals surface area contributed by atoms with Gasteiger partial charge in [0.25, 0.3) is 5.91 Å². The van der Waals surface area contributed by atoms with Crippen LogP contribution in [-0.4, -0.2) is 21.9 Å². The van der Waals surface area contributed by atoms with E-state index in [9.17, 15) is 13.6 Å². The lowest BCUT2D eigenvalue weighted by Gasteiger charge is -2.23. The first-order valence-corrected chi connectivity index (χ1v) is 7.97. The predicted molar refractivity (Wildman–Crippen MR) is 86.8 cm³/mol. The van der Waals surface area contributed by atoms with Crippen molar-refractivity contribution < 1.29 is 13.6 Å². The van der Waals surface area contributed by atoms with Gasteiger partial charge in [-0.2, -0.15) is 0 Å². The van der Waals surface area contributed by atoms with E-state index in [1.165, 1.54) is 37.7 Å². The molecule has 0 spiro atoms. The van der Waals surface area contributed by atoms with Crippen molar-refractivity contribution in [1.82, 2.24) is 9.97 Å². The Kier molecular flexibility index (Phi) is 4.98. The number of halogens is 2. The van der Waals surface area contributed by atoms with Gasteiger partial charge in [0.05, 0.1) is 12.4 Å². The summed E-state index contributed by atoms with van der Waals surface area (Å²) >= 11 is 0. The van der Waals surface area contributed by atoms with Crippen LogP contribution < -0.4 is 10.6 Å². The van der Waals surface area contributed by atoms with E-state index in [0.717, 1.165) is 25.0 Å². The Labute approximate surface area is 138 Å². The van der Waals surface area contributed by atoms with Gasteiger partial charge in [-0.3, -0.25) is 4.79 Å². The highest BCUT2D eigenvalue weighted by molar-refractivity contribution is 6.02. The maximum Gasteiger partial charge on any atom is 0.275 e. The molecule has 24 heavy (non-hydrogen) atoms. The van der Waals surface area contributed by atoms with Gasteiger partial charge < -0.3 is 10.6 Å². The smallest absolute Gasteiger partial charge is 0.275 e. The summed E-state index contributed by atoms with van der Waals surface area (Å²) in [4.78, 5) is 20.3. The average molecular weight is 332 g/mol. The van der Waals surface area contributed by atoms with E-state index >= 15 is 0 Å². The quantitative estimate of drug-likeness (QED) is 0.895. The number of hydrogen-bond acceptors (Lipinski definition) is 4. The molecule has 0 radical (unpaired) electrons. The number of carbonyl (C=O) groups excluding carboxylic acids is 1. The molecule has 1 amide bonds. The summed E-state index contributed by atoms with van der Waals surface area (Å²) in [6.45, 7) is 0. The molecule has 5 nitrogen and oxygen atoms in total. The maximum absolute atomic E-state index is 13.1. The minimum Gasteiger partial charge on any atom is -0.366 e. The van der Waals surface area contributed by atoms with E-state index in [1.54, 1.807) is 0 Å². The number of aromatic nitrogens is 2. The number of benzene rings is 1. The Morgan fingerprint density at radius 1 is 1.04 bits per heavy atom. The molecule has 7 heteroatoms. The summed E-state index contributed by atoms with van der Waals surface area (Å²) in [5, 5.41) is 5.77. The highest BCUT2D eigenvalue weighted by Crippen LogP contribution is 2.20. The zero-order chi connectivity index (χ0) is 16.9. The van der Waals surface area contributed by atoms with Gasteiger partial charge in [0.15, 0.2) is 11.6 Å². The average Bonchev–Trinajstić information content (AvgIpc) is 2.60. The Morgan fingerprint density at radius 2 is 1.83 bits per heavy atom. The molecule has 126 valence electrons. The normalized spacial score (nSPS) is 15.1. The van der Waals surface area contributed by atoms with Gasteiger partial charge in [0, 0.05) is 17.8 Å². The first-order chi connectivity index (χ1) is 11.6. The molecule has 0 atom stereocenters. The molecule has 1 fully saturated rings. The molecular formula is C17H18F2N4O. The molecule has 0 saturated heterocycles. The van der Waals surface area contributed by atoms with E-state index in [2.05, 4.69) is 20.6 Å². The fourth-order valence-corrected chi connectivity index (χ4v) is 2.74. The first kappa shape index (κ1) is 16.3. The Hall–Kier alpha value is -2.57. The third-order valence-electron chi connectivity index (χ3n) is 4.02. The lowest BCUT2D eigenvalue weighted by molar-refractivity contribution is 0.102. The number of anilines is 2. The van der Waals surface area contributed by atoms with E-state index in [1.807, 2.05) is 0 Å². The summed E-state index contributed by atoms with van der Waals surface area (Å²) in [5.74, 6) is -1.89. The van der Waals surface area contributed by atoms with Crippen LogP contribution in [0.4, 0.5) is 20.3 Å². The van der Waals surface area contributed by atoms with E-state index in [4.69, 9.17) is 0 Å². The van der Waals surface area contributed by atoms with Crippen molar-refractivity contribution in [3.05, 3.63) is 47.9 Å². The second-order valence-electron chi connectivity index (χ2n) is 5.85. The van der Waals surface area contributed by atoms with Gasteiger partial charge in [0.1, 0.15) is 11.5 Å². The van der Waals surface area contributed by atoms with Gasteiger partial charge >= 0.3 is 0 Å². The van der Waals surface area contributed by atoms with Crippen molar-refractivity contribution in [2.24, 2.45) is 0 Å². The zero-order valence-corrected chi connectivity index (χ0v) is 13.1. The Morgan fingerprint density at radius 3 is 2.50 bits per heavy atom. The number of nitrogens with zero attached hydrogens (tertiary/aromatic N) is 2. The third-order valence-corrected chi connectivity index (χ3v) is 4.02. The SMILES string of the molecule is O=C(Nc1ccc(F)c(F)c1)c1cnc(NC2CCCCC2)cn1. The maximum atomic E-state index is 13.1. The minimum absolute atomic E-state index is 0.105. The van der Waals surface area contributed by atoms with Crippen LogP contribution in [0.5, 0.6) is 0 Å². The number of carbonyl (C=O) groups is 1. The lowest BCUT2D eigenvalue weighted by Crippen LogP contribution is -2.23. The van der Waals surface area contributed by atoms with Gasteiger partial charge in [-0.25, -0.2) is 18.7 Å². The largest absolute Gasteiger partial charge is 0.366 e. The summed E-state index contributed by atoms with van der Waals surface area (Å²) < 4.78 is 26.0. The molecule has 1 aliphatic carbocycles. The summed E-state index contributed by atoms with van der Waals surface area (Å²) in [5.41, 5.74) is 0.263.